The SMILES string of the molecule is CCC1CCC(C2CC=C(c3cnc(-c4ccc(CN(CC(=O)O)C(=O)CCC(=O)CN5c6cccc7cccc(c67)S5(=O)=O)cc4)nc3)CC2)CC1. The Balaban J connectivity index is 0.932. The second-order valence-electron chi connectivity index (χ2n) is 14.8. The smallest absolute Gasteiger partial charge is 0.323 e. The highest BCUT2D eigenvalue weighted by Gasteiger charge is 2.36. The average molecular weight is 735 g/mol. The lowest BCUT2D eigenvalue weighted by atomic mass is 9.71. The molecule has 11 heteroatoms. The number of carbonyl (C=O) groups is 3. The Hall–Kier alpha value is -4.90. The van der Waals surface area contributed by atoms with Gasteiger partial charge in [-0.05, 0) is 78.5 Å². The minimum absolute atomic E-state index is 0.0341. The molecule has 1 atom stereocenters. The first-order chi connectivity index (χ1) is 25.6. The quantitative estimate of drug-likeness (QED) is 0.148. The number of aliphatic carboxylic acids is 1. The third-order valence-corrected chi connectivity index (χ3v) is 13.3. The first-order valence-corrected chi connectivity index (χ1v) is 20.2. The Morgan fingerprint density at radius 1 is 0.868 bits per heavy atom. The van der Waals surface area contributed by atoms with Crippen LogP contribution < -0.4 is 4.31 Å². The number of benzene rings is 3. The maximum absolute atomic E-state index is 13.3. The fourth-order valence-corrected chi connectivity index (χ4v) is 10.1. The molecule has 2 aliphatic carbocycles. The minimum atomic E-state index is -3.92. The van der Waals surface area contributed by atoms with E-state index in [4.69, 9.17) is 0 Å². The Morgan fingerprint density at radius 3 is 2.25 bits per heavy atom. The van der Waals surface area contributed by atoms with Gasteiger partial charge in [0.2, 0.25) is 5.91 Å². The van der Waals surface area contributed by atoms with Gasteiger partial charge in [-0.3, -0.25) is 18.7 Å². The van der Waals surface area contributed by atoms with E-state index in [1.165, 1.54) is 55.1 Å². The van der Waals surface area contributed by atoms with Crippen molar-refractivity contribution in [2.24, 2.45) is 17.8 Å². The molecule has 1 aliphatic heterocycles. The third kappa shape index (κ3) is 7.90. The second kappa shape index (κ2) is 15.6. The van der Waals surface area contributed by atoms with Crippen molar-refractivity contribution in [2.75, 3.05) is 17.4 Å². The summed E-state index contributed by atoms with van der Waals surface area (Å²) in [6, 6.07) is 17.6. The lowest BCUT2D eigenvalue weighted by molar-refractivity contribution is -0.145. The second-order valence-corrected chi connectivity index (χ2v) is 16.6. The molecule has 276 valence electrons. The summed E-state index contributed by atoms with van der Waals surface area (Å²) in [6.45, 7) is 1.40. The van der Waals surface area contributed by atoms with Crippen LogP contribution in [0.25, 0.3) is 27.7 Å². The number of carbonyl (C=O) groups excluding carboxylic acids is 2. The number of amides is 1. The summed E-state index contributed by atoms with van der Waals surface area (Å²) in [5.41, 5.74) is 4.33. The minimum Gasteiger partial charge on any atom is -0.480 e. The Morgan fingerprint density at radius 2 is 1.58 bits per heavy atom. The Kier molecular flexibility index (Phi) is 10.7. The highest BCUT2D eigenvalue weighted by Crippen LogP contribution is 2.43. The van der Waals surface area contributed by atoms with Gasteiger partial charge in [0.25, 0.3) is 10.0 Å². The number of aromatic nitrogens is 2. The summed E-state index contributed by atoms with van der Waals surface area (Å²) in [5, 5.41) is 10.9. The molecule has 1 saturated carbocycles. The van der Waals surface area contributed by atoms with Crippen LogP contribution in [-0.4, -0.2) is 59.1 Å². The number of hydrogen-bond acceptors (Lipinski definition) is 7. The normalized spacial score (nSPS) is 20.6. The molecule has 1 fully saturated rings. The van der Waals surface area contributed by atoms with E-state index in [9.17, 15) is 27.9 Å². The number of nitrogens with zero attached hydrogens (tertiary/aromatic N) is 4. The Labute approximate surface area is 311 Å². The molecule has 10 nitrogen and oxygen atoms in total. The summed E-state index contributed by atoms with van der Waals surface area (Å²) in [6.07, 6.45) is 16.0. The maximum Gasteiger partial charge on any atom is 0.323 e. The predicted octanol–water partition coefficient (Wildman–Crippen LogP) is 7.67. The lowest BCUT2D eigenvalue weighted by Crippen LogP contribution is -2.36. The van der Waals surface area contributed by atoms with Gasteiger partial charge in [0.15, 0.2) is 11.6 Å². The number of sulfonamides is 1. The summed E-state index contributed by atoms with van der Waals surface area (Å²) in [7, 11) is -3.92. The maximum atomic E-state index is 13.3. The largest absolute Gasteiger partial charge is 0.480 e. The fourth-order valence-electron chi connectivity index (χ4n) is 8.40. The molecule has 0 saturated heterocycles. The van der Waals surface area contributed by atoms with Crippen LogP contribution in [0.15, 0.2) is 84.0 Å². The molecule has 0 bridgehead atoms. The number of rotatable bonds is 13. The monoisotopic (exact) mass is 734 g/mol. The molecule has 1 aromatic heterocycles. The predicted molar refractivity (Wildman–Crippen MR) is 204 cm³/mol. The van der Waals surface area contributed by atoms with Crippen LogP contribution >= 0.6 is 0 Å². The highest BCUT2D eigenvalue weighted by atomic mass is 32.2. The van der Waals surface area contributed by atoms with E-state index in [-0.39, 0.29) is 24.3 Å². The average Bonchev–Trinajstić information content (AvgIpc) is 3.40. The molecule has 4 aromatic rings. The molecule has 0 radical (unpaired) electrons. The topological polar surface area (TPSA) is 138 Å². The third-order valence-electron chi connectivity index (χ3n) is 11.5. The lowest BCUT2D eigenvalue weighted by Gasteiger charge is -2.35. The van der Waals surface area contributed by atoms with Crippen molar-refractivity contribution in [1.82, 2.24) is 14.9 Å². The summed E-state index contributed by atoms with van der Waals surface area (Å²) >= 11 is 0. The molecule has 3 aliphatic rings. The molecular formula is C42H46N4O6S. The van der Waals surface area contributed by atoms with Crippen LogP contribution in [0.2, 0.25) is 0 Å². The number of carboxylic acids is 1. The number of hydrogen-bond donors (Lipinski definition) is 1. The van der Waals surface area contributed by atoms with Gasteiger partial charge < -0.3 is 10.0 Å². The van der Waals surface area contributed by atoms with Crippen molar-refractivity contribution in [3.05, 3.63) is 90.3 Å². The van der Waals surface area contributed by atoms with Crippen molar-refractivity contribution in [3.63, 3.8) is 0 Å². The van der Waals surface area contributed by atoms with Crippen molar-refractivity contribution in [1.29, 1.82) is 0 Å². The van der Waals surface area contributed by atoms with Crippen molar-refractivity contribution in [3.8, 4) is 11.4 Å². The van der Waals surface area contributed by atoms with Gasteiger partial charge in [-0.25, -0.2) is 18.4 Å². The number of ketones is 1. The fraction of sp³-hybridized carbons (Fsp3) is 0.405. The van der Waals surface area contributed by atoms with Crippen molar-refractivity contribution in [2.45, 2.75) is 82.6 Å². The molecule has 1 unspecified atom stereocenters. The van der Waals surface area contributed by atoms with Crippen molar-refractivity contribution >= 4 is 49.7 Å². The van der Waals surface area contributed by atoms with Gasteiger partial charge >= 0.3 is 5.97 Å². The first kappa shape index (κ1) is 36.5. The van der Waals surface area contributed by atoms with Gasteiger partial charge in [-0.15, -0.1) is 0 Å². The molecule has 1 N–H and O–H groups in total. The standard InChI is InChI=1S/C42H46N4O6S/c1-2-28-9-13-30(14-10-28)31-17-19-32(20-18-31)35-23-43-42(44-24-35)34-15-11-29(12-16-34)25-45(27-40(49)50)39(48)22-21-36(47)26-46-37-7-3-5-33-6-4-8-38(41(33)37)53(46,51)52/h3-8,11-12,15-16,19,23-24,28,30-31H,2,9-10,13-14,17-18,20-22,25-27H2,1H3,(H,49,50). The van der Waals surface area contributed by atoms with Gasteiger partial charge in [0, 0.05) is 48.3 Å². The zero-order valence-corrected chi connectivity index (χ0v) is 30.9. The van der Waals surface area contributed by atoms with Crippen LogP contribution in [0.3, 0.4) is 0 Å². The summed E-state index contributed by atoms with van der Waals surface area (Å²) < 4.78 is 27.6. The zero-order valence-electron chi connectivity index (χ0n) is 30.1. The van der Waals surface area contributed by atoms with Crippen LogP contribution in [0.1, 0.15) is 82.3 Å². The number of anilines is 1. The van der Waals surface area contributed by atoms with Gasteiger partial charge in [0.1, 0.15) is 6.54 Å². The van der Waals surface area contributed by atoms with Crippen molar-refractivity contribution < 1.29 is 27.9 Å². The van der Waals surface area contributed by atoms with Crippen LogP contribution in [-0.2, 0) is 31.0 Å². The number of carboxylic acid groups (broad SMARTS) is 1. The Bertz CT molecular complexity index is 2140. The van der Waals surface area contributed by atoms with E-state index in [2.05, 4.69) is 23.0 Å². The molecule has 1 amide bonds. The first-order valence-electron chi connectivity index (χ1n) is 18.8. The van der Waals surface area contributed by atoms with E-state index in [0.717, 1.165) is 51.4 Å². The van der Waals surface area contributed by atoms with Gasteiger partial charge in [-0.2, -0.15) is 0 Å². The summed E-state index contributed by atoms with van der Waals surface area (Å²) in [4.78, 5) is 48.6. The van der Waals surface area contributed by atoms with Crippen LogP contribution in [0.5, 0.6) is 0 Å². The number of Topliss-reactive ketones (excluding diaryl/α,β-unsaturated/α-hetero) is 1. The van der Waals surface area contributed by atoms with E-state index >= 15 is 0 Å². The van der Waals surface area contributed by atoms with Gasteiger partial charge in [-0.1, -0.05) is 80.8 Å². The molecular weight excluding hydrogens is 689 g/mol. The van der Waals surface area contributed by atoms with Gasteiger partial charge in [0.05, 0.1) is 17.1 Å². The van der Waals surface area contributed by atoms with E-state index in [1.54, 1.807) is 18.2 Å². The summed E-state index contributed by atoms with van der Waals surface area (Å²) in [5.74, 6) is 1.03. The number of allylic oxidation sites excluding steroid dienone is 2. The van der Waals surface area contributed by atoms with E-state index in [0.29, 0.717) is 22.5 Å². The van der Waals surface area contributed by atoms with E-state index in [1.807, 2.05) is 48.8 Å². The zero-order chi connectivity index (χ0) is 37.1. The van der Waals surface area contributed by atoms with Crippen LogP contribution in [0, 0.1) is 17.8 Å². The molecule has 7 rings (SSSR count). The molecule has 3 aromatic carbocycles. The van der Waals surface area contributed by atoms with E-state index < -0.39 is 40.8 Å². The molecule has 2 heterocycles. The van der Waals surface area contributed by atoms with Crippen LogP contribution in [0.4, 0.5) is 5.69 Å². The molecule has 0 spiro atoms. The highest BCUT2D eigenvalue weighted by molar-refractivity contribution is 7.93. The molecule has 53 heavy (non-hydrogen) atoms.